The van der Waals surface area contributed by atoms with E-state index in [0.29, 0.717) is 12.8 Å². The first-order valence-corrected chi connectivity index (χ1v) is 17.7. The summed E-state index contributed by atoms with van der Waals surface area (Å²) in [6.07, 6.45) is -13.7. The second-order valence-corrected chi connectivity index (χ2v) is 16.4. The van der Waals surface area contributed by atoms with E-state index in [1.165, 1.54) is 0 Å². The van der Waals surface area contributed by atoms with E-state index in [-0.39, 0.29) is 12.8 Å². The minimum absolute atomic E-state index is 0.121. The molecule has 296 valence electrons. The van der Waals surface area contributed by atoms with Gasteiger partial charge in [-0.25, -0.2) is 14.4 Å². The molecule has 0 spiro atoms. The van der Waals surface area contributed by atoms with Crippen molar-refractivity contribution in [3.8, 4) is 0 Å². The van der Waals surface area contributed by atoms with Crippen LogP contribution in [0.5, 0.6) is 0 Å². The molecule has 12 unspecified atom stereocenters. The molecule has 3 rings (SSSR count). The summed E-state index contributed by atoms with van der Waals surface area (Å²) >= 11 is 0. The van der Waals surface area contributed by atoms with Crippen LogP contribution in [0.2, 0.25) is 0 Å². The van der Waals surface area contributed by atoms with Gasteiger partial charge in [-0.15, -0.1) is 0 Å². The number of hydrogen-bond donors (Lipinski definition) is 7. The first kappa shape index (κ1) is 42.9. The first-order chi connectivity index (χ1) is 23.4. The zero-order valence-electron chi connectivity index (χ0n) is 31.7. The van der Waals surface area contributed by atoms with Crippen molar-refractivity contribution < 1.29 is 68.0 Å². The summed E-state index contributed by atoms with van der Waals surface area (Å²) in [6.45, 7) is 18.8. The van der Waals surface area contributed by atoms with E-state index in [0.717, 1.165) is 0 Å². The molecule has 0 aromatic rings. The normalized spacial score (nSPS) is 36.2. The van der Waals surface area contributed by atoms with Gasteiger partial charge >= 0.3 is 18.3 Å². The van der Waals surface area contributed by atoms with Gasteiger partial charge in [0.25, 0.3) is 0 Å². The van der Waals surface area contributed by atoms with Crippen molar-refractivity contribution >= 4 is 18.3 Å². The van der Waals surface area contributed by atoms with Gasteiger partial charge in [-0.2, -0.15) is 0 Å². The van der Waals surface area contributed by atoms with Gasteiger partial charge in [-0.1, -0.05) is 13.8 Å². The van der Waals surface area contributed by atoms with Crippen LogP contribution in [0.3, 0.4) is 0 Å². The van der Waals surface area contributed by atoms with Gasteiger partial charge in [0, 0.05) is 6.42 Å². The Hall–Kier alpha value is -2.51. The predicted octanol–water partition coefficient (Wildman–Crippen LogP) is 1.94. The standard InChI is InChI=1S/C34H61N3O14/c1-12-16-14-19(38)21(37-31(44)51-34(9,10)11)27(45-16)47-25-20(13-2)46-28(24(25)41)48-26-22(39)17(35-29(42)49-32(3,4)5)15-18(23(26)40)36-30(43)50-33(6,7)8/h16-28,38-41H,12-15H2,1-11H3,(H,35,42)(H,36,43)(H,37,44)/t16?,17-,18?,19?,20?,21?,22?,23?,24?,25?,26?,27?,28?/m0/s1. The Bertz CT molecular complexity index is 1130. The first-order valence-electron chi connectivity index (χ1n) is 17.7. The molecule has 17 heteroatoms. The van der Waals surface area contributed by atoms with Crippen molar-refractivity contribution in [1.29, 1.82) is 0 Å². The molecular weight excluding hydrogens is 674 g/mol. The molecule has 0 radical (unpaired) electrons. The molecule has 0 aromatic heterocycles. The number of hydrogen-bond acceptors (Lipinski definition) is 14. The highest BCUT2D eigenvalue weighted by Crippen LogP contribution is 2.34. The number of ether oxygens (including phenoxy) is 7. The summed E-state index contributed by atoms with van der Waals surface area (Å²) in [5.74, 6) is 0. The molecule has 3 fully saturated rings. The van der Waals surface area contributed by atoms with Crippen LogP contribution in [0.1, 0.15) is 102 Å². The fourth-order valence-corrected chi connectivity index (χ4v) is 6.12. The van der Waals surface area contributed by atoms with Crippen LogP contribution in [0.15, 0.2) is 0 Å². The zero-order chi connectivity index (χ0) is 38.6. The Morgan fingerprint density at radius 3 is 1.49 bits per heavy atom. The number of nitrogens with one attached hydrogen (secondary N) is 3. The van der Waals surface area contributed by atoms with E-state index in [1.807, 2.05) is 6.92 Å². The van der Waals surface area contributed by atoms with Gasteiger partial charge in [-0.3, -0.25) is 0 Å². The highest BCUT2D eigenvalue weighted by Gasteiger charge is 2.53. The lowest BCUT2D eigenvalue weighted by molar-refractivity contribution is -0.261. The third-order valence-electron chi connectivity index (χ3n) is 8.36. The molecule has 2 saturated heterocycles. The summed E-state index contributed by atoms with van der Waals surface area (Å²) in [5, 5.41) is 53.1. The Morgan fingerprint density at radius 1 is 0.608 bits per heavy atom. The molecule has 17 nitrogen and oxygen atoms in total. The van der Waals surface area contributed by atoms with E-state index in [4.69, 9.17) is 33.2 Å². The number of aliphatic hydroxyl groups is 4. The van der Waals surface area contributed by atoms with Gasteiger partial charge in [0.2, 0.25) is 0 Å². The lowest BCUT2D eigenvalue weighted by Gasteiger charge is -2.43. The van der Waals surface area contributed by atoms with Crippen LogP contribution in [0.25, 0.3) is 0 Å². The molecule has 13 atom stereocenters. The number of carbonyl (C=O) groups is 3. The number of carbonyl (C=O) groups excluding carboxylic acids is 3. The molecule has 1 aliphatic carbocycles. The Labute approximate surface area is 300 Å². The molecule has 0 bridgehead atoms. The second kappa shape index (κ2) is 17.1. The Kier molecular flexibility index (Phi) is 14.4. The summed E-state index contributed by atoms with van der Waals surface area (Å²) in [6, 6.07) is -3.22. The lowest BCUT2D eigenvalue weighted by Crippen LogP contribution is -2.66. The van der Waals surface area contributed by atoms with E-state index in [9.17, 15) is 34.8 Å². The van der Waals surface area contributed by atoms with E-state index >= 15 is 0 Å². The molecule has 2 aliphatic heterocycles. The average molecular weight is 736 g/mol. The number of amides is 3. The molecule has 0 aromatic carbocycles. The number of aliphatic hydroxyl groups excluding tert-OH is 4. The maximum Gasteiger partial charge on any atom is 0.408 e. The zero-order valence-corrected chi connectivity index (χ0v) is 31.7. The largest absolute Gasteiger partial charge is 0.444 e. The highest BCUT2D eigenvalue weighted by molar-refractivity contribution is 5.69. The van der Waals surface area contributed by atoms with E-state index in [2.05, 4.69) is 16.0 Å². The number of rotatable bonds is 9. The maximum absolute atomic E-state index is 12.7. The van der Waals surface area contributed by atoms with Crippen molar-refractivity contribution in [3.63, 3.8) is 0 Å². The SMILES string of the molecule is CCC1CC(O)C(NC(=O)OC(C)(C)C)C(OC2C(CC)OC(OC3C(O)C(NC(=O)OC(C)(C)C)C[C@H](NC(=O)OC(C)(C)C)C3O)C2O)O1. The molecule has 3 amide bonds. The van der Waals surface area contributed by atoms with Gasteiger partial charge < -0.3 is 69.5 Å². The smallest absolute Gasteiger partial charge is 0.408 e. The third kappa shape index (κ3) is 12.6. The summed E-state index contributed by atoms with van der Waals surface area (Å²) < 4.78 is 40.5. The van der Waals surface area contributed by atoms with Crippen molar-refractivity contribution in [3.05, 3.63) is 0 Å². The average Bonchev–Trinajstić information content (AvgIpc) is 3.25. The van der Waals surface area contributed by atoms with E-state index in [1.54, 1.807) is 69.2 Å². The fraction of sp³-hybridized carbons (Fsp3) is 0.912. The molecule has 7 N–H and O–H groups in total. The van der Waals surface area contributed by atoms with Gasteiger partial charge in [0.15, 0.2) is 12.6 Å². The number of alkyl carbamates (subject to hydrolysis) is 3. The Morgan fingerprint density at radius 2 is 1.06 bits per heavy atom. The third-order valence-corrected chi connectivity index (χ3v) is 8.36. The van der Waals surface area contributed by atoms with Crippen molar-refractivity contribution in [2.45, 2.75) is 198 Å². The van der Waals surface area contributed by atoms with Gasteiger partial charge in [0.1, 0.15) is 53.4 Å². The summed E-state index contributed by atoms with van der Waals surface area (Å²) in [5.41, 5.74) is -2.51. The monoisotopic (exact) mass is 735 g/mol. The lowest BCUT2D eigenvalue weighted by atomic mass is 9.83. The van der Waals surface area contributed by atoms with Gasteiger partial charge in [-0.05, 0) is 81.6 Å². The maximum atomic E-state index is 12.7. The Balaban J connectivity index is 1.83. The molecule has 3 aliphatic rings. The molecule has 51 heavy (non-hydrogen) atoms. The van der Waals surface area contributed by atoms with Crippen molar-refractivity contribution in [2.75, 3.05) is 0 Å². The van der Waals surface area contributed by atoms with Crippen LogP contribution in [-0.2, 0) is 33.2 Å². The van der Waals surface area contributed by atoms with Gasteiger partial charge in [0.05, 0.1) is 30.4 Å². The molecule has 1 saturated carbocycles. The van der Waals surface area contributed by atoms with Crippen LogP contribution in [-0.4, -0.2) is 135 Å². The predicted molar refractivity (Wildman–Crippen MR) is 180 cm³/mol. The second-order valence-electron chi connectivity index (χ2n) is 16.4. The molecule has 2 heterocycles. The highest BCUT2D eigenvalue weighted by atomic mass is 16.7. The minimum atomic E-state index is -1.55. The quantitative estimate of drug-likeness (QED) is 0.168. The van der Waals surface area contributed by atoms with Crippen molar-refractivity contribution in [2.24, 2.45) is 0 Å². The van der Waals surface area contributed by atoms with Crippen LogP contribution in [0, 0.1) is 0 Å². The molecular formula is C34H61N3O14. The fourth-order valence-electron chi connectivity index (χ4n) is 6.12. The van der Waals surface area contributed by atoms with Crippen LogP contribution >= 0.6 is 0 Å². The summed E-state index contributed by atoms with van der Waals surface area (Å²) in [7, 11) is 0. The van der Waals surface area contributed by atoms with Crippen LogP contribution < -0.4 is 16.0 Å². The summed E-state index contributed by atoms with van der Waals surface area (Å²) in [4.78, 5) is 38.1. The van der Waals surface area contributed by atoms with Crippen molar-refractivity contribution in [1.82, 2.24) is 16.0 Å². The van der Waals surface area contributed by atoms with Crippen LogP contribution in [0.4, 0.5) is 14.4 Å². The topological polar surface area (TPSA) is 233 Å². The minimum Gasteiger partial charge on any atom is -0.444 e. The van der Waals surface area contributed by atoms with E-state index < -0.39 is 115 Å².